The van der Waals surface area contributed by atoms with Gasteiger partial charge in [0.15, 0.2) is 0 Å². The molecule has 1 fully saturated rings. The molecule has 0 saturated carbocycles. The van der Waals surface area contributed by atoms with E-state index in [4.69, 9.17) is 5.73 Å². The van der Waals surface area contributed by atoms with Crippen LogP contribution >= 0.6 is 0 Å². The number of likely N-dealkylation sites (tertiary alicyclic amines) is 1. The van der Waals surface area contributed by atoms with Crippen LogP contribution in [-0.4, -0.2) is 24.5 Å². The first-order valence-electron chi connectivity index (χ1n) is 7.13. The predicted molar refractivity (Wildman–Crippen MR) is 77.7 cm³/mol. The van der Waals surface area contributed by atoms with Crippen molar-refractivity contribution in [2.24, 2.45) is 11.7 Å². The maximum atomic E-state index is 5.75. The molecule has 0 bridgehead atoms. The van der Waals surface area contributed by atoms with Crippen molar-refractivity contribution in [3.63, 3.8) is 0 Å². The third-order valence-corrected chi connectivity index (χ3v) is 4.54. The molecule has 0 aromatic heterocycles. The first kappa shape index (κ1) is 13.6. The van der Waals surface area contributed by atoms with Crippen LogP contribution < -0.4 is 5.73 Å². The molecule has 1 aliphatic rings. The highest BCUT2D eigenvalue weighted by Crippen LogP contribution is 2.27. The highest BCUT2D eigenvalue weighted by Gasteiger charge is 2.22. The van der Waals surface area contributed by atoms with Crippen LogP contribution in [0.25, 0.3) is 0 Å². The van der Waals surface area contributed by atoms with Crippen LogP contribution in [0.5, 0.6) is 0 Å². The lowest BCUT2D eigenvalue weighted by Gasteiger charge is -2.36. The Balaban J connectivity index is 2.03. The van der Waals surface area contributed by atoms with E-state index in [1.165, 1.54) is 42.6 Å². The summed E-state index contributed by atoms with van der Waals surface area (Å²) in [4.78, 5) is 2.59. The average molecular weight is 246 g/mol. The van der Waals surface area contributed by atoms with E-state index in [0.29, 0.717) is 6.04 Å². The first-order valence-corrected chi connectivity index (χ1v) is 7.13. The molecule has 2 N–H and O–H groups in total. The monoisotopic (exact) mass is 246 g/mol. The predicted octanol–water partition coefficient (Wildman–Crippen LogP) is 3.04. The van der Waals surface area contributed by atoms with Gasteiger partial charge < -0.3 is 5.73 Å². The van der Waals surface area contributed by atoms with Gasteiger partial charge in [0.2, 0.25) is 0 Å². The van der Waals surface area contributed by atoms with Crippen molar-refractivity contribution in [1.82, 2.24) is 4.90 Å². The topological polar surface area (TPSA) is 29.3 Å². The summed E-state index contributed by atoms with van der Waals surface area (Å²) in [5, 5.41) is 0. The quantitative estimate of drug-likeness (QED) is 0.888. The number of benzene rings is 1. The Morgan fingerprint density at radius 1 is 1.22 bits per heavy atom. The largest absolute Gasteiger partial charge is 0.330 e. The lowest BCUT2D eigenvalue weighted by Crippen LogP contribution is -2.37. The Bertz CT molecular complexity index is 392. The SMILES string of the molecule is Cc1ccc(C(C)N2CCC(CN)CC2)cc1C. The lowest BCUT2D eigenvalue weighted by molar-refractivity contribution is 0.143. The van der Waals surface area contributed by atoms with E-state index in [1.807, 2.05) is 0 Å². The van der Waals surface area contributed by atoms with Gasteiger partial charge in [-0.25, -0.2) is 0 Å². The van der Waals surface area contributed by atoms with Gasteiger partial charge in [0.25, 0.3) is 0 Å². The Hall–Kier alpha value is -0.860. The molecule has 1 aliphatic heterocycles. The van der Waals surface area contributed by atoms with E-state index in [9.17, 15) is 0 Å². The van der Waals surface area contributed by atoms with Gasteiger partial charge in [-0.2, -0.15) is 0 Å². The number of nitrogens with zero attached hydrogens (tertiary/aromatic N) is 1. The molecule has 1 atom stereocenters. The molecular formula is C16H26N2. The molecule has 0 amide bonds. The van der Waals surface area contributed by atoms with Gasteiger partial charge in [-0.3, -0.25) is 4.90 Å². The zero-order valence-corrected chi connectivity index (χ0v) is 11.9. The first-order chi connectivity index (χ1) is 8.61. The minimum Gasteiger partial charge on any atom is -0.330 e. The zero-order chi connectivity index (χ0) is 13.1. The number of piperidine rings is 1. The van der Waals surface area contributed by atoms with Crippen molar-refractivity contribution in [2.75, 3.05) is 19.6 Å². The van der Waals surface area contributed by atoms with E-state index in [2.05, 4.69) is 43.9 Å². The van der Waals surface area contributed by atoms with E-state index < -0.39 is 0 Å². The molecule has 18 heavy (non-hydrogen) atoms. The van der Waals surface area contributed by atoms with Crippen molar-refractivity contribution in [2.45, 2.75) is 39.7 Å². The minimum absolute atomic E-state index is 0.531. The van der Waals surface area contributed by atoms with Gasteiger partial charge in [0.1, 0.15) is 0 Å². The highest BCUT2D eigenvalue weighted by molar-refractivity contribution is 5.31. The minimum atomic E-state index is 0.531. The summed E-state index contributed by atoms with van der Waals surface area (Å²) in [5.74, 6) is 0.744. The molecular weight excluding hydrogens is 220 g/mol. The van der Waals surface area contributed by atoms with Crippen LogP contribution in [0.2, 0.25) is 0 Å². The molecule has 1 aromatic rings. The summed E-state index contributed by atoms with van der Waals surface area (Å²) in [6.07, 6.45) is 2.51. The van der Waals surface area contributed by atoms with Gasteiger partial charge in [-0.1, -0.05) is 18.2 Å². The van der Waals surface area contributed by atoms with Crippen molar-refractivity contribution < 1.29 is 0 Å². The van der Waals surface area contributed by atoms with Crippen LogP contribution in [-0.2, 0) is 0 Å². The molecule has 1 saturated heterocycles. The zero-order valence-electron chi connectivity index (χ0n) is 11.9. The molecule has 100 valence electrons. The van der Waals surface area contributed by atoms with Gasteiger partial charge in [-0.15, -0.1) is 0 Å². The second-order valence-electron chi connectivity index (χ2n) is 5.73. The molecule has 0 radical (unpaired) electrons. The summed E-state index contributed by atoms with van der Waals surface area (Å²) in [7, 11) is 0. The normalized spacial score (nSPS) is 20.0. The summed E-state index contributed by atoms with van der Waals surface area (Å²) in [6, 6.07) is 7.40. The third-order valence-electron chi connectivity index (χ3n) is 4.54. The lowest BCUT2D eigenvalue weighted by atomic mass is 9.94. The van der Waals surface area contributed by atoms with Crippen LogP contribution in [0, 0.1) is 19.8 Å². The maximum absolute atomic E-state index is 5.75. The maximum Gasteiger partial charge on any atom is 0.0319 e. The molecule has 0 aliphatic carbocycles. The van der Waals surface area contributed by atoms with Crippen molar-refractivity contribution >= 4 is 0 Å². The molecule has 1 aromatic carbocycles. The number of hydrogen-bond donors (Lipinski definition) is 1. The van der Waals surface area contributed by atoms with Crippen LogP contribution in [0.4, 0.5) is 0 Å². The van der Waals surface area contributed by atoms with Crippen molar-refractivity contribution in [1.29, 1.82) is 0 Å². The van der Waals surface area contributed by atoms with E-state index in [-0.39, 0.29) is 0 Å². The highest BCUT2D eigenvalue weighted by atomic mass is 15.2. The molecule has 2 nitrogen and oxygen atoms in total. The van der Waals surface area contributed by atoms with Crippen LogP contribution in [0.3, 0.4) is 0 Å². The Kier molecular flexibility index (Phi) is 4.41. The van der Waals surface area contributed by atoms with Crippen LogP contribution in [0.15, 0.2) is 18.2 Å². The molecule has 2 heteroatoms. The van der Waals surface area contributed by atoms with E-state index >= 15 is 0 Å². The fourth-order valence-corrected chi connectivity index (χ4v) is 2.81. The second-order valence-corrected chi connectivity index (χ2v) is 5.73. The second kappa shape index (κ2) is 5.85. The summed E-state index contributed by atoms with van der Waals surface area (Å²) < 4.78 is 0. The summed E-state index contributed by atoms with van der Waals surface area (Å²) in [5.41, 5.74) is 9.98. The molecule has 1 heterocycles. The van der Waals surface area contributed by atoms with Gasteiger partial charge in [-0.05, 0) is 75.9 Å². The number of hydrogen-bond acceptors (Lipinski definition) is 2. The fraction of sp³-hybridized carbons (Fsp3) is 0.625. The Labute approximate surface area is 111 Å². The summed E-state index contributed by atoms with van der Waals surface area (Å²) >= 11 is 0. The van der Waals surface area contributed by atoms with E-state index in [1.54, 1.807) is 0 Å². The Morgan fingerprint density at radius 2 is 1.89 bits per heavy atom. The molecule has 0 spiro atoms. The smallest absolute Gasteiger partial charge is 0.0319 e. The van der Waals surface area contributed by atoms with Crippen molar-refractivity contribution in [3.8, 4) is 0 Å². The fourth-order valence-electron chi connectivity index (χ4n) is 2.81. The van der Waals surface area contributed by atoms with Gasteiger partial charge >= 0.3 is 0 Å². The van der Waals surface area contributed by atoms with Crippen molar-refractivity contribution in [3.05, 3.63) is 34.9 Å². The Morgan fingerprint density at radius 3 is 2.44 bits per heavy atom. The number of aryl methyl sites for hydroxylation is 2. The summed E-state index contributed by atoms with van der Waals surface area (Å²) in [6.45, 7) is 9.94. The average Bonchev–Trinajstić information content (AvgIpc) is 2.41. The van der Waals surface area contributed by atoms with Gasteiger partial charge in [0, 0.05) is 6.04 Å². The standard InChI is InChI=1S/C16H26N2/c1-12-4-5-16(10-13(12)2)14(3)18-8-6-15(11-17)7-9-18/h4-5,10,14-15H,6-9,11,17H2,1-3H3. The number of nitrogens with two attached hydrogens (primary N) is 1. The number of rotatable bonds is 3. The van der Waals surface area contributed by atoms with Crippen LogP contribution in [0.1, 0.15) is 42.5 Å². The molecule has 1 unspecified atom stereocenters. The van der Waals surface area contributed by atoms with E-state index in [0.717, 1.165) is 12.5 Å². The van der Waals surface area contributed by atoms with Gasteiger partial charge in [0.05, 0.1) is 0 Å². The third kappa shape index (κ3) is 2.93. The molecule has 2 rings (SSSR count).